The van der Waals surface area contributed by atoms with Crippen molar-refractivity contribution in [2.75, 3.05) is 5.32 Å². The molecule has 0 saturated heterocycles. The van der Waals surface area contributed by atoms with Crippen LogP contribution in [0.1, 0.15) is 49.3 Å². The van der Waals surface area contributed by atoms with Crippen molar-refractivity contribution in [1.29, 1.82) is 0 Å². The van der Waals surface area contributed by atoms with Crippen LogP contribution in [0.25, 0.3) is 0 Å². The van der Waals surface area contributed by atoms with E-state index in [1.807, 2.05) is 39.8 Å². The van der Waals surface area contributed by atoms with Gasteiger partial charge in [0.2, 0.25) is 0 Å². The highest BCUT2D eigenvalue weighted by molar-refractivity contribution is 6.39. The Balaban J connectivity index is 1.60. The molecule has 2 aliphatic carbocycles. The normalized spacial score (nSPS) is 26.2. The zero-order valence-corrected chi connectivity index (χ0v) is 15.1. The summed E-state index contributed by atoms with van der Waals surface area (Å²) >= 11 is 0. The van der Waals surface area contributed by atoms with E-state index in [0.717, 1.165) is 34.2 Å². The van der Waals surface area contributed by atoms with Crippen molar-refractivity contribution in [3.8, 4) is 0 Å². The molecule has 2 fully saturated rings. The number of fused-ring (bicyclic) bond motifs is 2. The van der Waals surface area contributed by atoms with Gasteiger partial charge in [-0.05, 0) is 75.8 Å². The highest BCUT2D eigenvalue weighted by atomic mass is 16.2. The average molecular weight is 328 g/mol. The molecule has 2 amide bonds. The van der Waals surface area contributed by atoms with Gasteiger partial charge in [-0.3, -0.25) is 9.59 Å². The second kappa shape index (κ2) is 6.58. The van der Waals surface area contributed by atoms with Crippen LogP contribution < -0.4 is 10.6 Å². The number of rotatable bonds is 3. The van der Waals surface area contributed by atoms with Gasteiger partial charge in [0.25, 0.3) is 0 Å². The third kappa shape index (κ3) is 3.33. The van der Waals surface area contributed by atoms with Crippen LogP contribution in [0.2, 0.25) is 0 Å². The number of anilines is 1. The zero-order valence-electron chi connectivity index (χ0n) is 15.1. The minimum Gasteiger partial charge on any atom is -0.345 e. The fourth-order valence-corrected chi connectivity index (χ4v) is 4.83. The predicted octanol–water partition coefficient (Wildman–Crippen LogP) is 3.49. The molecule has 1 aromatic rings. The monoisotopic (exact) mass is 328 g/mol. The molecule has 4 atom stereocenters. The Morgan fingerprint density at radius 2 is 1.71 bits per heavy atom. The fraction of sp³-hybridized carbons (Fsp3) is 0.600. The van der Waals surface area contributed by atoms with Gasteiger partial charge in [0.15, 0.2) is 0 Å². The summed E-state index contributed by atoms with van der Waals surface area (Å²) in [6, 6.07) is 4.09. The first-order valence-electron chi connectivity index (χ1n) is 9.05. The summed E-state index contributed by atoms with van der Waals surface area (Å²) in [4.78, 5) is 24.6. The van der Waals surface area contributed by atoms with Crippen molar-refractivity contribution < 1.29 is 9.59 Å². The number of amides is 2. The highest BCUT2D eigenvalue weighted by Gasteiger charge is 2.42. The second-order valence-electron chi connectivity index (χ2n) is 7.83. The van der Waals surface area contributed by atoms with Crippen molar-refractivity contribution in [1.82, 2.24) is 5.32 Å². The molecule has 4 heteroatoms. The smallest absolute Gasteiger partial charge is 0.313 e. The molecule has 0 heterocycles. The van der Waals surface area contributed by atoms with Crippen molar-refractivity contribution in [3.63, 3.8) is 0 Å². The van der Waals surface area contributed by atoms with Gasteiger partial charge in [-0.1, -0.05) is 24.1 Å². The zero-order chi connectivity index (χ0) is 17.4. The lowest BCUT2D eigenvalue weighted by molar-refractivity contribution is -0.136. The number of carbonyl (C=O) groups excluding carboxylic acids is 2. The van der Waals surface area contributed by atoms with Crippen LogP contribution in [0.3, 0.4) is 0 Å². The van der Waals surface area contributed by atoms with Gasteiger partial charge in [-0.25, -0.2) is 0 Å². The molecule has 4 nitrogen and oxygen atoms in total. The van der Waals surface area contributed by atoms with E-state index < -0.39 is 11.8 Å². The first kappa shape index (κ1) is 17.0. The fourth-order valence-electron chi connectivity index (χ4n) is 4.83. The SMILES string of the molecule is Cc1cc(C)c(NC(=O)C(=O)NC(C)C2CC3CCC2C3)c(C)c1. The quantitative estimate of drug-likeness (QED) is 0.835. The number of carbonyl (C=O) groups is 2. The molecule has 2 aliphatic rings. The first-order chi connectivity index (χ1) is 11.3. The Bertz CT molecular complexity index is 645. The lowest BCUT2D eigenvalue weighted by Gasteiger charge is -2.28. The molecule has 2 N–H and O–H groups in total. The van der Waals surface area contributed by atoms with Gasteiger partial charge < -0.3 is 10.6 Å². The molecule has 1 aromatic carbocycles. The molecule has 0 radical (unpaired) electrons. The number of nitrogens with one attached hydrogen (secondary N) is 2. The predicted molar refractivity (Wildman–Crippen MR) is 95.8 cm³/mol. The van der Waals surface area contributed by atoms with Crippen LogP contribution in [-0.4, -0.2) is 17.9 Å². The highest BCUT2D eigenvalue weighted by Crippen LogP contribution is 2.49. The standard InChI is InChI=1S/C20H28N2O2/c1-11-7-12(2)18(13(3)8-11)22-20(24)19(23)21-14(4)17-10-15-5-6-16(17)9-15/h7-8,14-17H,5-6,9-10H2,1-4H3,(H,21,23)(H,22,24). The van der Waals surface area contributed by atoms with Crippen molar-refractivity contribution >= 4 is 17.5 Å². The van der Waals surface area contributed by atoms with E-state index in [2.05, 4.69) is 10.6 Å². The molecule has 0 spiro atoms. The van der Waals surface area contributed by atoms with Gasteiger partial charge in [0, 0.05) is 11.7 Å². The molecule has 2 saturated carbocycles. The molecule has 0 aliphatic heterocycles. The van der Waals surface area contributed by atoms with Gasteiger partial charge in [-0.15, -0.1) is 0 Å². The average Bonchev–Trinajstić information content (AvgIpc) is 3.13. The van der Waals surface area contributed by atoms with Crippen LogP contribution >= 0.6 is 0 Å². The van der Waals surface area contributed by atoms with Gasteiger partial charge in [0.1, 0.15) is 0 Å². The third-order valence-corrected chi connectivity index (χ3v) is 5.92. The summed E-state index contributed by atoms with van der Waals surface area (Å²) < 4.78 is 0. The van der Waals surface area contributed by atoms with Gasteiger partial charge in [0.05, 0.1) is 0 Å². The van der Waals surface area contributed by atoms with Crippen LogP contribution in [0.5, 0.6) is 0 Å². The third-order valence-electron chi connectivity index (χ3n) is 5.92. The van der Waals surface area contributed by atoms with Crippen LogP contribution in [-0.2, 0) is 9.59 Å². The summed E-state index contributed by atoms with van der Waals surface area (Å²) in [7, 11) is 0. The van der Waals surface area contributed by atoms with E-state index in [9.17, 15) is 9.59 Å². The Morgan fingerprint density at radius 3 is 2.25 bits per heavy atom. The maximum Gasteiger partial charge on any atom is 0.313 e. The number of hydrogen-bond acceptors (Lipinski definition) is 2. The topological polar surface area (TPSA) is 58.2 Å². The van der Waals surface area contributed by atoms with Crippen molar-refractivity contribution in [2.24, 2.45) is 17.8 Å². The summed E-state index contributed by atoms with van der Waals surface area (Å²) in [5, 5.41) is 5.71. The summed E-state index contributed by atoms with van der Waals surface area (Å²) in [5.41, 5.74) is 3.86. The molecule has 2 bridgehead atoms. The Kier molecular flexibility index (Phi) is 4.66. The molecule has 130 valence electrons. The van der Waals surface area contributed by atoms with E-state index >= 15 is 0 Å². The van der Waals surface area contributed by atoms with Gasteiger partial charge >= 0.3 is 11.8 Å². The van der Waals surface area contributed by atoms with E-state index in [-0.39, 0.29) is 6.04 Å². The largest absolute Gasteiger partial charge is 0.345 e. The molecule has 0 aromatic heterocycles. The first-order valence-corrected chi connectivity index (χ1v) is 9.05. The lowest BCUT2D eigenvalue weighted by Crippen LogP contribution is -2.45. The molecule has 3 rings (SSSR count). The van der Waals surface area contributed by atoms with Crippen LogP contribution in [0.15, 0.2) is 12.1 Å². The Morgan fingerprint density at radius 1 is 1.04 bits per heavy atom. The second-order valence-corrected chi connectivity index (χ2v) is 7.83. The number of aryl methyl sites for hydroxylation is 3. The number of benzene rings is 1. The minimum absolute atomic E-state index is 0.0683. The number of hydrogen-bond donors (Lipinski definition) is 2. The maximum atomic E-state index is 12.3. The summed E-state index contributed by atoms with van der Waals surface area (Å²) in [5.74, 6) is 1.01. The molecular formula is C20H28N2O2. The summed E-state index contributed by atoms with van der Waals surface area (Å²) in [6.07, 6.45) is 5.13. The Labute approximate surface area is 144 Å². The molecule has 4 unspecified atom stereocenters. The maximum absolute atomic E-state index is 12.3. The lowest BCUT2D eigenvalue weighted by atomic mass is 9.84. The molecule has 24 heavy (non-hydrogen) atoms. The summed E-state index contributed by atoms with van der Waals surface area (Å²) in [6.45, 7) is 7.96. The van der Waals surface area contributed by atoms with Gasteiger partial charge in [-0.2, -0.15) is 0 Å². The minimum atomic E-state index is -0.569. The Hall–Kier alpha value is -1.84. The van der Waals surface area contributed by atoms with Crippen LogP contribution in [0, 0.1) is 38.5 Å². The van der Waals surface area contributed by atoms with E-state index in [1.165, 1.54) is 25.7 Å². The van der Waals surface area contributed by atoms with Crippen molar-refractivity contribution in [2.45, 2.75) is 59.4 Å². The molecular weight excluding hydrogens is 300 g/mol. The van der Waals surface area contributed by atoms with E-state index in [1.54, 1.807) is 0 Å². The van der Waals surface area contributed by atoms with E-state index in [0.29, 0.717) is 5.92 Å². The van der Waals surface area contributed by atoms with Crippen molar-refractivity contribution in [3.05, 3.63) is 28.8 Å². The van der Waals surface area contributed by atoms with Crippen LogP contribution in [0.4, 0.5) is 5.69 Å². The van der Waals surface area contributed by atoms with E-state index in [4.69, 9.17) is 0 Å².